The monoisotopic (exact) mass is 469 g/mol. The van der Waals surface area contributed by atoms with Crippen LogP contribution in [0.1, 0.15) is 31.7 Å². The zero-order valence-corrected chi connectivity index (χ0v) is 19.2. The molecule has 11 nitrogen and oxygen atoms in total. The Morgan fingerprint density at radius 1 is 1.03 bits per heavy atom. The first-order valence-electron chi connectivity index (χ1n) is 11.6. The summed E-state index contributed by atoms with van der Waals surface area (Å²) >= 11 is 0. The van der Waals surface area contributed by atoms with Crippen molar-refractivity contribution in [2.45, 2.75) is 50.7 Å². The second-order valence-corrected chi connectivity index (χ2v) is 8.91. The fraction of sp³-hybridized carbons (Fsp3) is 0.478. The first-order chi connectivity index (χ1) is 16.4. The summed E-state index contributed by atoms with van der Waals surface area (Å²) in [5.41, 5.74) is 7.58. The molecule has 0 aliphatic carbocycles. The van der Waals surface area contributed by atoms with Crippen LogP contribution in [0.5, 0.6) is 0 Å². The predicted molar refractivity (Wildman–Crippen MR) is 123 cm³/mol. The molecular weight excluding hydrogens is 438 g/mol. The van der Waals surface area contributed by atoms with E-state index in [1.165, 1.54) is 4.90 Å². The minimum Gasteiger partial charge on any atom is -0.351 e. The molecular formula is C23H31N7O4. The summed E-state index contributed by atoms with van der Waals surface area (Å²) in [6.07, 6.45) is 3.78. The number of nitrogens with zero attached hydrogens (tertiary/aromatic N) is 2. The zero-order valence-electron chi connectivity index (χ0n) is 19.2. The van der Waals surface area contributed by atoms with Crippen LogP contribution in [-0.4, -0.2) is 71.3 Å². The van der Waals surface area contributed by atoms with Crippen LogP contribution in [0.25, 0.3) is 0 Å². The van der Waals surface area contributed by atoms with Crippen molar-refractivity contribution < 1.29 is 19.2 Å². The van der Waals surface area contributed by atoms with Gasteiger partial charge in [0.25, 0.3) is 0 Å². The maximum atomic E-state index is 13.2. The Morgan fingerprint density at radius 3 is 2.62 bits per heavy atom. The van der Waals surface area contributed by atoms with Crippen molar-refractivity contribution in [3.05, 3.63) is 47.8 Å². The summed E-state index contributed by atoms with van der Waals surface area (Å²) in [5, 5.41) is 10.1. The van der Waals surface area contributed by atoms with E-state index in [1.54, 1.807) is 11.2 Å². The van der Waals surface area contributed by atoms with E-state index < -0.39 is 12.1 Å². The molecule has 3 aliphatic rings. The summed E-state index contributed by atoms with van der Waals surface area (Å²) < 4.78 is 0. The number of amides is 4. The van der Waals surface area contributed by atoms with Gasteiger partial charge < -0.3 is 26.3 Å². The van der Waals surface area contributed by atoms with Gasteiger partial charge in [0, 0.05) is 37.3 Å². The number of hydrogen-bond donors (Lipinski definition) is 5. The molecule has 0 saturated carbocycles. The average molecular weight is 470 g/mol. The zero-order chi connectivity index (χ0) is 24.1. The topological polar surface area (TPSA) is 135 Å². The minimum absolute atomic E-state index is 0.00752. The second-order valence-electron chi connectivity index (χ2n) is 8.91. The maximum Gasteiger partial charge on any atom is 0.243 e. The molecule has 2 bridgehead atoms. The lowest BCUT2D eigenvalue weighted by Crippen LogP contribution is -2.56. The first-order valence-corrected chi connectivity index (χ1v) is 11.6. The molecule has 3 aliphatic heterocycles. The lowest BCUT2D eigenvalue weighted by Gasteiger charge is -2.27. The van der Waals surface area contributed by atoms with Crippen LogP contribution in [0.2, 0.25) is 0 Å². The van der Waals surface area contributed by atoms with Crippen molar-refractivity contribution in [1.82, 2.24) is 36.8 Å². The molecule has 34 heavy (non-hydrogen) atoms. The number of hydrazine groups is 2. The van der Waals surface area contributed by atoms with Gasteiger partial charge >= 0.3 is 0 Å². The number of rotatable bonds is 2. The average Bonchev–Trinajstić information content (AvgIpc) is 3.47. The third kappa shape index (κ3) is 5.84. The van der Waals surface area contributed by atoms with Crippen molar-refractivity contribution >= 4 is 23.6 Å². The fourth-order valence-corrected chi connectivity index (χ4v) is 4.46. The van der Waals surface area contributed by atoms with Crippen LogP contribution in [-0.2, 0) is 25.6 Å². The second kappa shape index (κ2) is 10.6. The molecule has 0 spiro atoms. The molecule has 3 atom stereocenters. The van der Waals surface area contributed by atoms with Crippen LogP contribution in [0, 0.1) is 0 Å². The highest BCUT2D eigenvalue weighted by molar-refractivity contribution is 5.93. The SMILES string of the molecule is CC1CC2=CN(CC(=O)NCC(=O)N3CCCC3C(=O)NC(Cc3ccccc3)C(=O)N1)NN2. The molecule has 3 heterocycles. The Balaban J connectivity index is 1.56. The smallest absolute Gasteiger partial charge is 0.243 e. The van der Waals surface area contributed by atoms with Crippen molar-refractivity contribution in [2.75, 3.05) is 19.6 Å². The molecule has 182 valence electrons. The fourth-order valence-electron chi connectivity index (χ4n) is 4.46. The summed E-state index contributed by atoms with van der Waals surface area (Å²) in [6.45, 7) is 2.13. The van der Waals surface area contributed by atoms with Gasteiger partial charge in [-0.25, -0.2) is 0 Å². The third-order valence-corrected chi connectivity index (χ3v) is 6.13. The highest BCUT2D eigenvalue weighted by Crippen LogP contribution is 2.18. The van der Waals surface area contributed by atoms with Crippen LogP contribution in [0.4, 0.5) is 0 Å². The number of hydrogen-bond acceptors (Lipinski definition) is 7. The molecule has 4 amide bonds. The normalized spacial score (nSPS) is 26.6. The Kier molecular flexibility index (Phi) is 7.31. The van der Waals surface area contributed by atoms with Gasteiger partial charge in [0.1, 0.15) is 18.6 Å². The highest BCUT2D eigenvalue weighted by Gasteiger charge is 2.36. The van der Waals surface area contributed by atoms with Crippen molar-refractivity contribution in [3.63, 3.8) is 0 Å². The molecule has 5 N–H and O–H groups in total. The molecule has 4 rings (SSSR count). The van der Waals surface area contributed by atoms with E-state index in [0.29, 0.717) is 32.2 Å². The molecule has 3 unspecified atom stereocenters. The standard InChI is InChI=1S/C23H31N7O4/c1-15-10-17-13-29(28-27-17)14-20(31)24-12-21(32)30-9-5-8-19(30)23(34)26-18(22(33)25-15)11-16-6-3-2-4-7-16/h2-4,6-7,13,15,18-19,27-28H,5,8-12,14H2,1H3,(H,24,31)(H,25,33)(H,26,34). The number of benzene rings is 1. The first kappa shape index (κ1) is 23.6. The minimum atomic E-state index is -0.787. The summed E-state index contributed by atoms with van der Waals surface area (Å²) in [5.74, 6) is -1.29. The van der Waals surface area contributed by atoms with E-state index in [0.717, 1.165) is 11.3 Å². The summed E-state index contributed by atoms with van der Waals surface area (Å²) in [4.78, 5) is 52.9. The van der Waals surface area contributed by atoms with Gasteiger partial charge in [-0.2, -0.15) is 0 Å². The quantitative estimate of drug-likeness (QED) is 0.371. The van der Waals surface area contributed by atoms with E-state index >= 15 is 0 Å². The lowest BCUT2D eigenvalue weighted by atomic mass is 10.0. The highest BCUT2D eigenvalue weighted by atomic mass is 16.2. The number of fused-ring (bicyclic) bond motifs is 2. The Labute approximate surface area is 198 Å². The van der Waals surface area contributed by atoms with Crippen molar-refractivity contribution in [2.24, 2.45) is 0 Å². The maximum absolute atomic E-state index is 13.2. The number of nitrogens with one attached hydrogen (secondary N) is 5. The molecule has 1 saturated heterocycles. The van der Waals surface area contributed by atoms with E-state index in [1.807, 2.05) is 37.3 Å². The van der Waals surface area contributed by atoms with Gasteiger partial charge in [0.05, 0.1) is 6.54 Å². The van der Waals surface area contributed by atoms with Crippen molar-refractivity contribution in [1.29, 1.82) is 0 Å². The van der Waals surface area contributed by atoms with Gasteiger partial charge in [-0.1, -0.05) is 30.3 Å². The molecule has 1 aromatic carbocycles. The lowest BCUT2D eigenvalue weighted by molar-refractivity contribution is -0.139. The van der Waals surface area contributed by atoms with E-state index in [-0.39, 0.29) is 42.8 Å². The Hall–Kier alpha value is -3.60. The predicted octanol–water partition coefficient (Wildman–Crippen LogP) is -1.10. The summed E-state index contributed by atoms with van der Waals surface area (Å²) in [7, 11) is 0. The number of carbonyl (C=O) groups excluding carboxylic acids is 4. The molecule has 1 aromatic rings. The van der Waals surface area contributed by atoms with Crippen LogP contribution in [0.3, 0.4) is 0 Å². The summed E-state index contributed by atoms with van der Waals surface area (Å²) in [6, 6.07) is 7.81. The van der Waals surface area contributed by atoms with E-state index in [4.69, 9.17) is 0 Å². The van der Waals surface area contributed by atoms with Crippen LogP contribution >= 0.6 is 0 Å². The molecule has 0 radical (unpaired) electrons. The van der Waals surface area contributed by atoms with Crippen LogP contribution in [0.15, 0.2) is 42.2 Å². The molecule has 11 heteroatoms. The Bertz CT molecular complexity index is 967. The third-order valence-electron chi connectivity index (χ3n) is 6.13. The van der Waals surface area contributed by atoms with Crippen molar-refractivity contribution in [3.8, 4) is 0 Å². The Morgan fingerprint density at radius 2 is 1.82 bits per heavy atom. The van der Waals surface area contributed by atoms with Crippen LogP contribution < -0.4 is 26.9 Å². The van der Waals surface area contributed by atoms with Gasteiger partial charge in [-0.05, 0) is 25.3 Å². The van der Waals surface area contributed by atoms with Gasteiger partial charge in [0.15, 0.2) is 0 Å². The van der Waals surface area contributed by atoms with Gasteiger partial charge in [-0.3, -0.25) is 24.2 Å². The number of carbonyl (C=O) groups is 4. The van der Waals surface area contributed by atoms with E-state index in [2.05, 4.69) is 26.9 Å². The van der Waals surface area contributed by atoms with Gasteiger partial charge in [-0.15, -0.1) is 5.53 Å². The largest absolute Gasteiger partial charge is 0.351 e. The molecule has 0 aromatic heterocycles. The van der Waals surface area contributed by atoms with Gasteiger partial charge in [0.2, 0.25) is 23.6 Å². The molecule has 1 fully saturated rings. The van der Waals surface area contributed by atoms with E-state index in [9.17, 15) is 19.2 Å².